The maximum absolute atomic E-state index is 13.8. The Hall–Kier alpha value is -3.92. The summed E-state index contributed by atoms with van der Waals surface area (Å²) in [5.41, 5.74) is 1.86. The van der Waals surface area contributed by atoms with Gasteiger partial charge in [0.05, 0.1) is 17.2 Å². The number of halogens is 1. The lowest BCUT2D eigenvalue weighted by atomic mass is 10.1. The topological polar surface area (TPSA) is 96.0 Å². The van der Waals surface area contributed by atoms with Crippen LogP contribution in [0.15, 0.2) is 77.7 Å². The molecular formula is C29H34FN3O5S. The molecule has 39 heavy (non-hydrogen) atoms. The molecule has 208 valence electrons. The summed E-state index contributed by atoms with van der Waals surface area (Å²) in [7, 11) is -4.26. The molecule has 10 heteroatoms. The van der Waals surface area contributed by atoms with Crippen molar-refractivity contribution in [1.29, 1.82) is 0 Å². The van der Waals surface area contributed by atoms with Gasteiger partial charge in [0.25, 0.3) is 10.0 Å². The smallest absolute Gasteiger partial charge is 0.264 e. The lowest BCUT2D eigenvalue weighted by Gasteiger charge is -2.32. The molecule has 0 aromatic heterocycles. The fourth-order valence-electron chi connectivity index (χ4n) is 4.01. The van der Waals surface area contributed by atoms with Crippen LogP contribution in [0.1, 0.15) is 31.9 Å². The van der Waals surface area contributed by atoms with E-state index in [1.54, 1.807) is 13.8 Å². The van der Waals surface area contributed by atoms with Gasteiger partial charge in [-0.15, -0.1) is 0 Å². The summed E-state index contributed by atoms with van der Waals surface area (Å²) in [4.78, 5) is 27.9. The minimum atomic E-state index is -4.26. The van der Waals surface area contributed by atoms with E-state index >= 15 is 0 Å². The van der Waals surface area contributed by atoms with Crippen molar-refractivity contribution in [2.75, 3.05) is 24.0 Å². The maximum atomic E-state index is 13.8. The van der Waals surface area contributed by atoms with E-state index in [1.807, 2.05) is 38.1 Å². The van der Waals surface area contributed by atoms with Crippen LogP contribution < -0.4 is 14.4 Å². The van der Waals surface area contributed by atoms with Crippen LogP contribution in [0.25, 0.3) is 0 Å². The Labute approximate surface area is 229 Å². The normalized spacial score (nSPS) is 11.9. The van der Waals surface area contributed by atoms with Gasteiger partial charge in [-0.1, -0.05) is 24.3 Å². The Kier molecular flexibility index (Phi) is 10.1. The molecule has 3 aromatic carbocycles. The number of benzene rings is 3. The highest BCUT2D eigenvalue weighted by molar-refractivity contribution is 7.92. The van der Waals surface area contributed by atoms with Gasteiger partial charge in [0.15, 0.2) is 0 Å². The zero-order valence-corrected chi connectivity index (χ0v) is 23.4. The van der Waals surface area contributed by atoms with Crippen molar-refractivity contribution < 1.29 is 27.1 Å². The van der Waals surface area contributed by atoms with Crippen molar-refractivity contribution in [2.24, 2.45) is 0 Å². The quantitative estimate of drug-likeness (QED) is 0.360. The SMILES string of the molecule is CCNC(=O)C(C)N(Cc1ccccc1C)C(=O)CN(c1ccc(F)cc1)S(=O)(=O)c1ccc(OCC)cc1. The Bertz CT molecular complexity index is 1380. The van der Waals surface area contributed by atoms with E-state index in [-0.39, 0.29) is 23.0 Å². The zero-order chi connectivity index (χ0) is 28.6. The molecular weight excluding hydrogens is 521 g/mol. The number of nitrogens with zero attached hydrogens (tertiary/aromatic N) is 2. The molecule has 0 fully saturated rings. The van der Waals surface area contributed by atoms with Gasteiger partial charge in [0, 0.05) is 13.1 Å². The maximum Gasteiger partial charge on any atom is 0.264 e. The van der Waals surface area contributed by atoms with Crippen LogP contribution in [0.3, 0.4) is 0 Å². The molecule has 1 N–H and O–H groups in total. The van der Waals surface area contributed by atoms with Gasteiger partial charge in [-0.05, 0) is 87.4 Å². The minimum Gasteiger partial charge on any atom is -0.494 e. The van der Waals surface area contributed by atoms with E-state index in [9.17, 15) is 22.4 Å². The van der Waals surface area contributed by atoms with Crippen molar-refractivity contribution in [3.8, 4) is 5.75 Å². The summed E-state index contributed by atoms with van der Waals surface area (Å²) in [5, 5.41) is 2.73. The number of amides is 2. The molecule has 0 bridgehead atoms. The number of sulfonamides is 1. The van der Waals surface area contributed by atoms with E-state index < -0.39 is 34.3 Å². The van der Waals surface area contributed by atoms with Crippen LogP contribution in [-0.2, 0) is 26.2 Å². The van der Waals surface area contributed by atoms with Crippen molar-refractivity contribution in [1.82, 2.24) is 10.2 Å². The third-order valence-corrected chi connectivity index (χ3v) is 8.02. The number of hydrogen-bond donors (Lipinski definition) is 1. The van der Waals surface area contributed by atoms with E-state index in [0.717, 1.165) is 27.6 Å². The molecule has 0 saturated carbocycles. The third-order valence-electron chi connectivity index (χ3n) is 6.24. The number of hydrogen-bond acceptors (Lipinski definition) is 5. The van der Waals surface area contributed by atoms with Crippen LogP contribution >= 0.6 is 0 Å². The molecule has 0 radical (unpaired) electrons. The first kappa shape index (κ1) is 29.6. The molecule has 8 nitrogen and oxygen atoms in total. The van der Waals surface area contributed by atoms with Gasteiger partial charge in [0.2, 0.25) is 11.8 Å². The molecule has 3 rings (SSSR count). The van der Waals surface area contributed by atoms with Gasteiger partial charge in [-0.3, -0.25) is 13.9 Å². The van der Waals surface area contributed by atoms with Gasteiger partial charge in [0.1, 0.15) is 24.2 Å². The van der Waals surface area contributed by atoms with Crippen LogP contribution in [0, 0.1) is 12.7 Å². The molecule has 0 saturated heterocycles. The molecule has 1 atom stereocenters. The molecule has 0 aliphatic heterocycles. The summed E-state index contributed by atoms with van der Waals surface area (Å²) in [5.74, 6) is -0.992. The molecule has 3 aromatic rings. The number of likely N-dealkylation sites (N-methyl/N-ethyl adjacent to an activating group) is 1. The minimum absolute atomic E-state index is 0.0645. The first-order chi connectivity index (χ1) is 18.6. The monoisotopic (exact) mass is 555 g/mol. The van der Waals surface area contributed by atoms with Gasteiger partial charge in [-0.25, -0.2) is 12.8 Å². The largest absolute Gasteiger partial charge is 0.494 e. The van der Waals surface area contributed by atoms with E-state index in [4.69, 9.17) is 4.74 Å². The molecule has 2 amide bonds. The predicted octanol–water partition coefficient (Wildman–Crippen LogP) is 4.28. The second-order valence-electron chi connectivity index (χ2n) is 8.91. The van der Waals surface area contributed by atoms with Crippen LogP contribution in [0.4, 0.5) is 10.1 Å². The number of anilines is 1. The van der Waals surface area contributed by atoms with Crippen LogP contribution in [-0.4, -0.2) is 50.9 Å². The zero-order valence-electron chi connectivity index (χ0n) is 22.6. The first-order valence-corrected chi connectivity index (χ1v) is 14.1. The fraction of sp³-hybridized carbons (Fsp3) is 0.310. The number of carbonyl (C=O) groups excluding carboxylic acids is 2. The van der Waals surface area contributed by atoms with Crippen molar-refractivity contribution in [3.05, 3.63) is 89.7 Å². The molecule has 0 aliphatic rings. The van der Waals surface area contributed by atoms with E-state index in [0.29, 0.717) is 18.9 Å². The third kappa shape index (κ3) is 7.35. The fourth-order valence-corrected chi connectivity index (χ4v) is 5.43. The molecule has 1 unspecified atom stereocenters. The standard InChI is InChI=1S/C29H34FN3O5S/c1-5-31-29(35)22(4)32(19-23-10-8-7-9-21(23)3)28(34)20-33(25-13-11-24(30)12-14-25)39(36,37)27-17-15-26(16-18-27)38-6-2/h7-18,22H,5-6,19-20H2,1-4H3,(H,31,35). The Morgan fingerprint density at radius 2 is 1.62 bits per heavy atom. The summed E-state index contributed by atoms with van der Waals surface area (Å²) in [6.45, 7) is 7.39. The van der Waals surface area contributed by atoms with Crippen molar-refractivity contribution in [2.45, 2.75) is 45.2 Å². The lowest BCUT2D eigenvalue weighted by molar-refractivity contribution is -0.139. The highest BCUT2D eigenvalue weighted by Gasteiger charge is 2.32. The summed E-state index contributed by atoms with van der Waals surface area (Å²) in [6, 6.07) is 17.3. The number of nitrogens with one attached hydrogen (secondary N) is 1. The Morgan fingerprint density at radius 1 is 0.974 bits per heavy atom. The predicted molar refractivity (Wildman–Crippen MR) is 148 cm³/mol. The average molecular weight is 556 g/mol. The summed E-state index contributed by atoms with van der Waals surface area (Å²) >= 11 is 0. The number of carbonyl (C=O) groups is 2. The van der Waals surface area contributed by atoms with E-state index in [1.165, 1.54) is 41.3 Å². The summed E-state index contributed by atoms with van der Waals surface area (Å²) in [6.07, 6.45) is 0. The second-order valence-corrected chi connectivity index (χ2v) is 10.8. The van der Waals surface area contributed by atoms with E-state index in [2.05, 4.69) is 5.32 Å². The van der Waals surface area contributed by atoms with Gasteiger partial charge < -0.3 is 15.0 Å². The van der Waals surface area contributed by atoms with Gasteiger partial charge in [-0.2, -0.15) is 0 Å². The molecule has 0 aliphatic carbocycles. The Balaban J connectivity index is 2.02. The number of rotatable bonds is 12. The van der Waals surface area contributed by atoms with Crippen LogP contribution in [0.5, 0.6) is 5.75 Å². The number of ether oxygens (including phenoxy) is 1. The molecule has 0 heterocycles. The lowest BCUT2D eigenvalue weighted by Crippen LogP contribution is -2.51. The highest BCUT2D eigenvalue weighted by atomic mass is 32.2. The van der Waals surface area contributed by atoms with Gasteiger partial charge >= 0.3 is 0 Å². The first-order valence-electron chi connectivity index (χ1n) is 12.7. The van der Waals surface area contributed by atoms with Crippen LogP contribution in [0.2, 0.25) is 0 Å². The van der Waals surface area contributed by atoms with Crippen molar-refractivity contribution in [3.63, 3.8) is 0 Å². The highest BCUT2D eigenvalue weighted by Crippen LogP contribution is 2.26. The number of aryl methyl sites for hydroxylation is 1. The average Bonchev–Trinajstić information content (AvgIpc) is 2.92. The van der Waals surface area contributed by atoms with Crippen molar-refractivity contribution >= 4 is 27.5 Å². The second kappa shape index (κ2) is 13.2. The Morgan fingerprint density at radius 3 is 2.21 bits per heavy atom. The molecule has 0 spiro atoms. The summed E-state index contributed by atoms with van der Waals surface area (Å²) < 4.78 is 47.7.